The molecule has 1 rings (SSSR count). The van der Waals surface area contributed by atoms with Crippen LogP contribution in [0.3, 0.4) is 0 Å². The van der Waals surface area contributed by atoms with Gasteiger partial charge >= 0.3 is 0 Å². The normalized spacial score (nSPS) is 12.9. The third-order valence-electron chi connectivity index (χ3n) is 2.13. The van der Waals surface area contributed by atoms with Gasteiger partial charge in [0.05, 0.1) is 6.10 Å². The molecule has 0 aromatic carbocycles. The summed E-state index contributed by atoms with van der Waals surface area (Å²) in [6.07, 6.45) is 1.36. The van der Waals surface area contributed by atoms with Crippen LogP contribution in [-0.4, -0.2) is 28.2 Å². The summed E-state index contributed by atoms with van der Waals surface area (Å²) in [5.41, 5.74) is 0.630. The van der Waals surface area contributed by atoms with Crippen molar-refractivity contribution in [1.82, 2.24) is 9.88 Å². The van der Waals surface area contributed by atoms with Crippen LogP contribution in [0.5, 0.6) is 0 Å². The van der Waals surface area contributed by atoms with E-state index in [1.54, 1.807) is 13.0 Å². The highest BCUT2D eigenvalue weighted by Crippen LogP contribution is 2.10. The first-order chi connectivity index (χ1) is 7.02. The van der Waals surface area contributed by atoms with Crippen molar-refractivity contribution in [2.24, 2.45) is 0 Å². The average Bonchev–Trinajstić information content (AvgIpc) is 2.62. The minimum atomic E-state index is -0.517. The molecular weight excluding hydrogens is 192 g/mol. The fourth-order valence-corrected chi connectivity index (χ4v) is 1.37. The molecule has 4 heteroatoms. The summed E-state index contributed by atoms with van der Waals surface area (Å²) in [5, 5.41) is 11.7. The smallest absolute Gasteiger partial charge is 0.268 e. The standard InChI is InChI=1S/C11H18N2O2/c1-8(2)13-6-4-5-10(13)11(15)12-7-9(3)14/h4-6,8-9,14H,7H2,1-3H3,(H,12,15). The molecule has 15 heavy (non-hydrogen) atoms. The quantitative estimate of drug-likeness (QED) is 0.784. The van der Waals surface area contributed by atoms with E-state index >= 15 is 0 Å². The molecule has 0 spiro atoms. The van der Waals surface area contributed by atoms with Crippen LogP contribution in [0.15, 0.2) is 18.3 Å². The molecule has 1 unspecified atom stereocenters. The maximum Gasteiger partial charge on any atom is 0.268 e. The monoisotopic (exact) mass is 210 g/mol. The van der Waals surface area contributed by atoms with Crippen molar-refractivity contribution in [3.8, 4) is 0 Å². The number of nitrogens with zero attached hydrogens (tertiary/aromatic N) is 1. The number of aliphatic hydroxyl groups excluding tert-OH is 1. The fourth-order valence-electron chi connectivity index (χ4n) is 1.37. The number of hydrogen-bond donors (Lipinski definition) is 2. The predicted molar refractivity (Wildman–Crippen MR) is 58.8 cm³/mol. The van der Waals surface area contributed by atoms with E-state index < -0.39 is 6.10 Å². The molecule has 1 aromatic rings. The lowest BCUT2D eigenvalue weighted by Crippen LogP contribution is -2.32. The topological polar surface area (TPSA) is 54.3 Å². The molecule has 0 saturated carbocycles. The highest BCUT2D eigenvalue weighted by molar-refractivity contribution is 5.92. The Morgan fingerprint density at radius 2 is 2.20 bits per heavy atom. The van der Waals surface area contributed by atoms with Gasteiger partial charge in [0.15, 0.2) is 0 Å². The zero-order chi connectivity index (χ0) is 11.4. The molecule has 1 aromatic heterocycles. The number of amides is 1. The summed E-state index contributed by atoms with van der Waals surface area (Å²) in [7, 11) is 0. The van der Waals surface area contributed by atoms with Crippen LogP contribution in [0, 0.1) is 0 Å². The van der Waals surface area contributed by atoms with Gasteiger partial charge in [0.1, 0.15) is 5.69 Å². The average molecular weight is 210 g/mol. The Morgan fingerprint density at radius 3 is 2.73 bits per heavy atom. The zero-order valence-corrected chi connectivity index (χ0v) is 9.40. The Morgan fingerprint density at radius 1 is 1.53 bits per heavy atom. The number of carbonyl (C=O) groups excluding carboxylic acids is 1. The van der Waals surface area contributed by atoms with Crippen LogP contribution >= 0.6 is 0 Å². The lowest BCUT2D eigenvalue weighted by Gasteiger charge is -2.13. The van der Waals surface area contributed by atoms with Crippen molar-refractivity contribution in [2.75, 3.05) is 6.54 Å². The first-order valence-electron chi connectivity index (χ1n) is 5.15. The maximum atomic E-state index is 11.7. The Labute approximate surface area is 89.9 Å². The fraction of sp³-hybridized carbons (Fsp3) is 0.545. The maximum absolute atomic E-state index is 11.7. The first kappa shape index (κ1) is 11.8. The second-order valence-corrected chi connectivity index (χ2v) is 3.95. The molecule has 84 valence electrons. The number of hydrogen-bond acceptors (Lipinski definition) is 2. The number of rotatable bonds is 4. The molecule has 1 amide bonds. The molecule has 0 aliphatic rings. The minimum absolute atomic E-state index is 0.144. The number of carbonyl (C=O) groups is 1. The van der Waals surface area contributed by atoms with Crippen LogP contribution in [0.25, 0.3) is 0 Å². The Bertz CT molecular complexity index is 329. The summed E-state index contributed by atoms with van der Waals surface area (Å²) >= 11 is 0. The summed E-state index contributed by atoms with van der Waals surface area (Å²) in [4.78, 5) is 11.7. The summed E-state index contributed by atoms with van der Waals surface area (Å²) < 4.78 is 1.90. The molecule has 0 aliphatic heterocycles. The van der Waals surface area contributed by atoms with Gasteiger partial charge in [0, 0.05) is 18.8 Å². The predicted octanol–water partition coefficient (Wildman–Crippen LogP) is 1.18. The zero-order valence-electron chi connectivity index (χ0n) is 9.40. The molecule has 0 radical (unpaired) electrons. The molecule has 0 bridgehead atoms. The third-order valence-corrected chi connectivity index (χ3v) is 2.13. The van der Waals surface area contributed by atoms with Gasteiger partial charge in [-0.2, -0.15) is 0 Å². The van der Waals surface area contributed by atoms with E-state index in [-0.39, 0.29) is 18.5 Å². The molecule has 0 aliphatic carbocycles. The van der Waals surface area contributed by atoms with Crippen molar-refractivity contribution >= 4 is 5.91 Å². The van der Waals surface area contributed by atoms with Crippen molar-refractivity contribution in [3.05, 3.63) is 24.0 Å². The second kappa shape index (κ2) is 4.98. The molecule has 2 N–H and O–H groups in total. The van der Waals surface area contributed by atoms with Gasteiger partial charge in [-0.1, -0.05) is 0 Å². The van der Waals surface area contributed by atoms with Crippen LogP contribution in [0.1, 0.15) is 37.3 Å². The second-order valence-electron chi connectivity index (χ2n) is 3.95. The van der Waals surface area contributed by atoms with E-state index in [1.807, 2.05) is 30.7 Å². The molecule has 1 heterocycles. The lowest BCUT2D eigenvalue weighted by atomic mass is 10.3. The van der Waals surface area contributed by atoms with E-state index in [9.17, 15) is 4.79 Å². The van der Waals surface area contributed by atoms with Gasteiger partial charge in [-0.05, 0) is 32.9 Å². The van der Waals surface area contributed by atoms with Gasteiger partial charge in [0.25, 0.3) is 5.91 Å². The number of aromatic nitrogens is 1. The van der Waals surface area contributed by atoms with Gasteiger partial charge in [-0.25, -0.2) is 0 Å². The highest BCUT2D eigenvalue weighted by atomic mass is 16.3. The largest absolute Gasteiger partial charge is 0.392 e. The molecule has 0 saturated heterocycles. The summed E-state index contributed by atoms with van der Waals surface area (Å²) in [6, 6.07) is 3.88. The van der Waals surface area contributed by atoms with E-state index in [1.165, 1.54) is 0 Å². The Balaban J connectivity index is 2.69. The van der Waals surface area contributed by atoms with Crippen molar-refractivity contribution in [2.45, 2.75) is 32.9 Å². The highest BCUT2D eigenvalue weighted by Gasteiger charge is 2.12. The molecular formula is C11H18N2O2. The molecule has 4 nitrogen and oxygen atoms in total. The SMILES string of the molecule is CC(O)CNC(=O)c1cccn1C(C)C. The van der Waals surface area contributed by atoms with Crippen LogP contribution in [0.4, 0.5) is 0 Å². The van der Waals surface area contributed by atoms with Crippen molar-refractivity contribution < 1.29 is 9.90 Å². The van der Waals surface area contributed by atoms with Gasteiger partial charge < -0.3 is 15.0 Å². The Kier molecular flexibility index (Phi) is 3.91. The lowest BCUT2D eigenvalue weighted by molar-refractivity contribution is 0.0913. The summed E-state index contributed by atoms with van der Waals surface area (Å²) in [6.45, 7) is 5.96. The number of aliphatic hydroxyl groups is 1. The van der Waals surface area contributed by atoms with Crippen LogP contribution < -0.4 is 5.32 Å². The van der Waals surface area contributed by atoms with E-state index in [0.29, 0.717) is 5.69 Å². The Hall–Kier alpha value is -1.29. The van der Waals surface area contributed by atoms with E-state index in [2.05, 4.69) is 5.32 Å². The first-order valence-corrected chi connectivity index (χ1v) is 5.15. The van der Waals surface area contributed by atoms with E-state index in [4.69, 9.17) is 5.11 Å². The number of nitrogens with one attached hydrogen (secondary N) is 1. The van der Waals surface area contributed by atoms with Gasteiger partial charge in [-0.15, -0.1) is 0 Å². The van der Waals surface area contributed by atoms with Crippen molar-refractivity contribution in [1.29, 1.82) is 0 Å². The minimum Gasteiger partial charge on any atom is -0.392 e. The van der Waals surface area contributed by atoms with Crippen LogP contribution in [-0.2, 0) is 0 Å². The van der Waals surface area contributed by atoms with Gasteiger partial charge in [0.2, 0.25) is 0 Å². The third kappa shape index (κ3) is 3.09. The van der Waals surface area contributed by atoms with Crippen molar-refractivity contribution in [3.63, 3.8) is 0 Å². The molecule has 1 atom stereocenters. The van der Waals surface area contributed by atoms with E-state index in [0.717, 1.165) is 0 Å². The summed E-state index contributed by atoms with van der Waals surface area (Å²) in [5.74, 6) is -0.144. The van der Waals surface area contributed by atoms with Crippen LogP contribution in [0.2, 0.25) is 0 Å². The van der Waals surface area contributed by atoms with Gasteiger partial charge in [-0.3, -0.25) is 4.79 Å². The molecule has 0 fully saturated rings.